The zero-order valence-corrected chi connectivity index (χ0v) is 14.8. The van der Waals surface area contributed by atoms with Crippen LogP contribution in [0.15, 0.2) is 55.0 Å². The molecule has 0 aliphatic rings. The molecule has 0 unspecified atom stereocenters. The minimum Gasteiger partial charge on any atom is -0.347 e. The Hall–Kier alpha value is -3.06. The number of carbonyl (C=O) groups is 1. The lowest BCUT2D eigenvalue weighted by atomic mass is 10.1. The van der Waals surface area contributed by atoms with Crippen LogP contribution in [0.2, 0.25) is 0 Å². The summed E-state index contributed by atoms with van der Waals surface area (Å²) in [5, 5.41) is 7.79. The topological polar surface area (TPSA) is 59.8 Å². The van der Waals surface area contributed by atoms with Gasteiger partial charge in [0, 0.05) is 42.4 Å². The fourth-order valence-electron chi connectivity index (χ4n) is 2.78. The SMILES string of the molecule is Cn1nccc1-c1cncc(CNC(=O)c2cc3cc(F)ccc3s2)c1. The highest BCUT2D eigenvalue weighted by Gasteiger charge is 2.11. The number of nitrogens with one attached hydrogen (secondary N) is 1. The van der Waals surface area contributed by atoms with E-state index in [4.69, 9.17) is 0 Å². The predicted octanol–water partition coefficient (Wildman–Crippen LogP) is 3.77. The second-order valence-corrected chi connectivity index (χ2v) is 6.98. The second-order valence-electron chi connectivity index (χ2n) is 5.90. The molecule has 1 N–H and O–H groups in total. The fourth-order valence-corrected chi connectivity index (χ4v) is 3.74. The molecule has 0 bridgehead atoms. The van der Waals surface area contributed by atoms with Gasteiger partial charge in [-0.2, -0.15) is 5.10 Å². The molecule has 1 aromatic carbocycles. The van der Waals surface area contributed by atoms with Crippen LogP contribution >= 0.6 is 11.3 Å². The normalized spacial score (nSPS) is 11.0. The lowest BCUT2D eigenvalue weighted by Gasteiger charge is -2.06. The summed E-state index contributed by atoms with van der Waals surface area (Å²) < 4.78 is 15.9. The molecule has 7 heteroatoms. The molecule has 0 aliphatic carbocycles. The van der Waals surface area contributed by atoms with Gasteiger partial charge >= 0.3 is 0 Å². The first kappa shape index (κ1) is 16.4. The van der Waals surface area contributed by atoms with Crippen molar-refractivity contribution in [3.05, 3.63) is 71.2 Å². The quantitative estimate of drug-likeness (QED) is 0.598. The lowest BCUT2D eigenvalue weighted by molar-refractivity contribution is 0.0955. The summed E-state index contributed by atoms with van der Waals surface area (Å²) in [4.78, 5) is 17.2. The van der Waals surface area contributed by atoms with Crippen LogP contribution in [0.1, 0.15) is 15.2 Å². The molecular formula is C19H15FN4OS. The van der Waals surface area contributed by atoms with Gasteiger partial charge in [0.1, 0.15) is 5.82 Å². The van der Waals surface area contributed by atoms with Gasteiger partial charge in [0.15, 0.2) is 0 Å². The minimum absolute atomic E-state index is 0.183. The first-order valence-corrected chi connectivity index (χ1v) is 8.81. The van der Waals surface area contributed by atoms with Crippen molar-refractivity contribution in [3.8, 4) is 11.3 Å². The Labute approximate surface area is 153 Å². The van der Waals surface area contributed by atoms with Gasteiger partial charge in [0.05, 0.1) is 10.6 Å². The minimum atomic E-state index is -0.305. The van der Waals surface area contributed by atoms with Crippen molar-refractivity contribution < 1.29 is 9.18 Å². The highest BCUT2D eigenvalue weighted by atomic mass is 32.1. The summed E-state index contributed by atoms with van der Waals surface area (Å²) in [6.07, 6.45) is 5.22. The average molecular weight is 366 g/mol. The number of aromatic nitrogens is 3. The highest BCUT2D eigenvalue weighted by molar-refractivity contribution is 7.20. The molecule has 0 saturated carbocycles. The molecule has 0 spiro atoms. The third kappa shape index (κ3) is 3.21. The van der Waals surface area contributed by atoms with E-state index < -0.39 is 0 Å². The molecule has 0 saturated heterocycles. The van der Waals surface area contributed by atoms with E-state index in [1.54, 1.807) is 35.4 Å². The maximum Gasteiger partial charge on any atom is 0.261 e. The Bertz CT molecular complexity index is 1100. The summed E-state index contributed by atoms with van der Waals surface area (Å²) >= 11 is 1.35. The van der Waals surface area contributed by atoms with Crippen molar-refractivity contribution in [1.82, 2.24) is 20.1 Å². The maximum absolute atomic E-state index is 13.3. The Kier molecular flexibility index (Phi) is 4.22. The molecule has 4 aromatic rings. The Morgan fingerprint density at radius 3 is 2.92 bits per heavy atom. The number of hydrogen-bond acceptors (Lipinski definition) is 4. The van der Waals surface area contributed by atoms with E-state index in [1.165, 1.54) is 23.5 Å². The van der Waals surface area contributed by atoms with E-state index in [0.29, 0.717) is 11.4 Å². The summed E-state index contributed by atoms with van der Waals surface area (Å²) in [5.41, 5.74) is 2.79. The molecule has 3 aromatic heterocycles. The molecule has 3 heterocycles. The van der Waals surface area contributed by atoms with Crippen molar-refractivity contribution in [2.75, 3.05) is 0 Å². The second kappa shape index (κ2) is 6.68. The number of nitrogens with zero attached hydrogens (tertiary/aromatic N) is 3. The van der Waals surface area contributed by atoms with Crippen molar-refractivity contribution in [2.45, 2.75) is 6.54 Å². The Morgan fingerprint density at radius 2 is 2.12 bits per heavy atom. The van der Waals surface area contributed by atoms with E-state index in [9.17, 15) is 9.18 Å². The van der Waals surface area contributed by atoms with Crippen molar-refractivity contribution >= 4 is 27.3 Å². The lowest BCUT2D eigenvalue weighted by Crippen LogP contribution is -2.21. The fraction of sp³-hybridized carbons (Fsp3) is 0.105. The van der Waals surface area contributed by atoms with E-state index in [2.05, 4.69) is 15.4 Å². The standard InChI is InChI=1S/C19H15FN4OS/c1-24-16(4-5-23-24)14-6-12(9-21-11-14)10-22-19(25)18-8-13-7-15(20)2-3-17(13)26-18/h2-9,11H,10H2,1H3,(H,22,25). The van der Waals surface area contributed by atoms with Gasteiger partial charge in [0.2, 0.25) is 0 Å². The molecule has 5 nitrogen and oxygen atoms in total. The van der Waals surface area contributed by atoms with Crippen LogP contribution in [-0.4, -0.2) is 20.7 Å². The van der Waals surface area contributed by atoms with Gasteiger partial charge in [-0.15, -0.1) is 11.3 Å². The van der Waals surface area contributed by atoms with Gasteiger partial charge in [-0.05, 0) is 47.3 Å². The molecule has 1 amide bonds. The molecule has 0 radical (unpaired) electrons. The molecule has 4 rings (SSSR count). The van der Waals surface area contributed by atoms with Crippen LogP contribution in [0.4, 0.5) is 4.39 Å². The maximum atomic E-state index is 13.3. The molecule has 26 heavy (non-hydrogen) atoms. The molecule has 0 aliphatic heterocycles. The van der Waals surface area contributed by atoms with Crippen LogP contribution < -0.4 is 5.32 Å². The van der Waals surface area contributed by atoms with Gasteiger partial charge in [0.25, 0.3) is 5.91 Å². The number of thiophene rings is 1. The van der Waals surface area contributed by atoms with E-state index >= 15 is 0 Å². The summed E-state index contributed by atoms with van der Waals surface area (Å²) in [6.45, 7) is 0.361. The Balaban J connectivity index is 1.49. The van der Waals surface area contributed by atoms with E-state index in [0.717, 1.165) is 26.9 Å². The molecule has 130 valence electrons. The Morgan fingerprint density at radius 1 is 1.23 bits per heavy atom. The first-order valence-electron chi connectivity index (χ1n) is 8.00. The number of aryl methyl sites for hydroxylation is 1. The largest absolute Gasteiger partial charge is 0.347 e. The zero-order chi connectivity index (χ0) is 18.1. The number of carbonyl (C=O) groups excluding carboxylic acids is 1. The smallest absolute Gasteiger partial charge is 0.261 e. The van der Waals surface area contributed by atoms with Crippen LogP contribution in [0.25, 0.3) is 21.3 Å². The summed E-state index contributed by atoms with van der Waals surface area (Å²) in [7, 11) is 1.87. The zero-order valence-electron chi connectivity index (χ0n) is 13.9. The molecule has 0 fully saturated rings. The number of hydrogen-bond donors (Lipinski definition) is 1. The van der Waals surface area contributed by atoms with Gasteiger partial charge < -0.3 is 5.32 Å². The summed E-state index contributed by atoms with van der Waals surface area (Å²) in [6, 6.07) is 10.1. The van der Waals surface area contributed by atoms with Crippen LogP contribution in [0.3, 0.4) is 0 Å². The number of pyridine rings is 1. The van der Waals surface area contributed by atoms with Crippen LogP contribution in [0.5, 0.6) is 0 Å². The van der Waals surface area contributed by atoms with Gasteiger partial charge in [-0.25, -0.2) is 4.39 Å². The molecular weight excluding hydrogens is 351 g/mol. The number of halogens is 1. The highest BCUT2D eigenvalue weighted by Crippen LogP contribution is 2.26. The molecule has 0 atom stereocenters. The number of benzene rings is 1. The number of fused-ring (bicyclic) bond motifs is 1. The third-order valence-electron chi connectivity index (χ3n) is 4.07. The monoisotopic (exact) mass is 366 g/mol. The number of amides is 1. The van der Waals surface area contributed by atoms with Crippen molar-refractivity contribution in [2.24, 2.45) is 7.05 Å². The van der Waals surface area contributed by atoms with E-state index in [1.807, 2.05) is 19.2 Å². The number of rotatable bonds is 4. The summed E-state index contributed by atoms with van der Waals surface area (Å²) in [5.74, 6) is -0.488. The van der Waals surface area contributed by atoms with Crippen LogP contribution in [-0.2, 0) is 13.6 Å². The van der Waals surface area contributed by atoms with Gasteiger partial charge in [-0.1, -0.05) is 0 Å². The van der Waals surface area contributed by atoms with E-state index in [-0.39, 0.29) is 11.7 Å². The van der Waals surface area contributed by atoms with Crippen molar-refractivity contribution in [1.29, 1.82) is 0 Å². The first-order chi connectivity index (χ1) is 12.6. The third-order valence-corrected chi connectivity index (χ3v) is 5.18. The van der Waals surface area contributed by atoms with Gasteiger partial charge in [-0.3, -0.25) is 14.5 Å². The average Bonchev–Trinajstić information content (AvgIpc) is 3.25. The van der Waals surface area contributed by atoms with Crippen molar-refractivity contribution in [3.63, 3.8) is 0 Å². The van der Waals surface area contributed by atoms with Crippen LogP contribution in [0, 0.1) is 5.82 Å². The predicted molar refractivity (Wildman–Crippen MR) is 99.4 cm³/mol.